The quantitative estimate of drug-likeness (QED) is 0.284. The van der Waals surface area contributed by atoms with Crippen molar-refractivity contribution >= 4 is 83.6 Å². The van der Waals surface area contributed by atoms with Gasteiger partial charge in [0.1, 0.15) is 0 Å². The number of nitrogens with zero attached hydrogens (tertiary/aromatic N) is 2. The van der Waals surface area contributed by atoms with Gasteiger partial charge in [-0.3, -0.25) is 14.5 Å². The topological polar surface area (TPSA) is 76.7 Å². The normalized spacial score (nSPS) is 17.1. The van der Waals surface area contributed by atoms with E-state index in [1.165, 1.54) is 0 Å². The molecular formula is C28H26Br2ClN5O2. The number of hydrogen-bond donors (Lipinski definition) is 3. The van der Waals surface area contributed by atoms with Crippen LogP contribution in [0.3, 0.4) is 0 Å². The minimum Gasteiger partial charge on any atom is -0.354 e. The molecule has 3 aromatic carbocycles. The number of piperazine rings is 1. The van der Waals surface area contributed by atoms with E-state index in [9.17, 15) is 9.59 Å². The van der Waals surface area contributed by atoms with Gasteiger partial charge in [0, 0.05) is 51.4 Å². The van der Waals surface area contributed by atoms with Gasteiger partial charge >= 0.3 is 0 Å². The number of likely N-dealkylation sites (N-methyl/N-ethyl adjacent to an activating group) is 1. The number of carbonyl (C=O) groups is 2. The largest absolute Gasteiger partial charge is 0.354 e. The molecule has 5 rings (SSSR count). The van der Waals surface area contributed by atoms with Crippen LogP contribution in [0.2, 0.25) is 5.02 Å². The van der Waals surface area contributed by atoms with Crippen molar-refractivity contribution in [2.75, 3.05) is 55.7 Å². The maximum absolute atomic E-state index is 13.1. The molecular weight excluding hydrogens is 634 g/mol. The van der Waals surface area contributed by atoms with E-state index >= 15 is 0 Å². The standard InChI is InChI=1S/C28H26Br2ClN5O2/c1-35-9-11-36(12-10-35)16-24(37)34-27-21(29)14-19(15-22(27)30)32-26(17-5-3-2-4-6-17)25-20-8-7-18(31)13-23(20)33-28(25)38/h2-8,13-15,32H,9-12,16H2,1H3,(H,33,38)(H,34,37)/b26-25-. The highest BCUT2D eigenvalue weighted by Crippen LogP contribution is 2.40. The highest BCUT2D eigenvalue weighted by atomic mass is 79.9. The maximum atomic E-state index is 13.1. The Labute approximate surface area is 243 Å². The molecule has 2 amide bonds. The van der Waals surface area contributed by atoms with Crippen LogP contribution in [0.15, 0.2) is 69.6 Å². The lowest BCUT2D eigenvalue weighted by Gasteiger charge is -2.31. The summed E-state index contributed by atoms with van der Waals surface area (Å²) in [7, 11) is 2.09. The Bertz CT molecular complexity index is 1400. The van der Waals surface area contributed by atoms with Crippen molar-refractivity contribution < 1.29 is 9.59 Å². The Hall–Kier alpha value is -2.69. The lowest BCUT2D eigenvalue weighted by atomic mass is 10.00. The number of amides is 2. The number of rotatable bonds is 6. The van der Waals surface area contributed by atoms with Crippen molar-refractivity contribution in [1.82, 2.24) is 9.80 Å². The molecule has 38 heavy (non-hydrogen) atoms. The van der Waals surface area contributed by atoms with Crippen LogP contribution in [-0.4, -0.2) is 61.4 Å². The molecule has 0 aromatic heterocycles. The van der Waals surface area contributed by atoms with E-state index in [-0.39, 0.29) is 11.8 Å². The number of fused-ring (bicyclic) bond motifs is 1. The summed E-state index contributed by atoms with van der Waals surface area (Å²) in [5, 5.41) is 9.95. The molecule has 3 N–H and O–H groups in total. The number of benzene rings is 3. The molecule has 0 unspecified atom stereocenters. The van der Waals surface area contributed by atoms with E-state index in [1.807, 2.05) is 48.5 Å². The summed E-state index contributed by atoms with van der Waals surface area (Å²) >= 11 is 13.4. The number of halogens is 3. The van der Waals surface area contributed by atoms with Crippen LogP contribution in [0.1, 0.15) is 11.1 Å². The smallest absolute Gasteiger partial charge is 0.258 e. The third-order valence-corrected chi connectivity index (χ3v) is 8.06. The zero-order valence-electron chi connectivity index (χ0n) is 20.7. The van der Waals surface area contributed by atoms with Crippen LogP contribution in [0.5, 0.6) is 0 Å². The number of hydrogen-bond acceptors (Lipinski definition) is 5. The van der Waals surface area contributed by atoms with Gasteiger partial charge in [-0.05, 0) is 68.7 Å². The molecule has 2 aliphatic heterocycles. The Morgan fingerprint density at radius 2 is 1.66 bits per heavy atom. The van der Waals surface area contributed by atoms with Gasteiger partial charge in [-0.15, -0.1) is 0 Å². The van der Waals surface area contributed by atoms with Gasteiger partial charge < -0.3 is 20.9 Å². The molecule has 1 saturated heterocycles. The van der Waals surface area contributed by atoms with E-state index in [2.05, 4.69) is 64.7 Å². The summed E-state index contributed by atoms with van der Waals surface area (Å²) in [6, 6.07) is 18.8. The van der Waals surface area contributed by atoms with E-state index < -0.39 is 0 Å². The zero-order chi connectivity index (χ0) is 26.8. The molecule has 2 aliphatic rings. The second-order valence-electron chi connectivity index (χ2n) is 9.33. The van der Waals surface area contributed by atoms with Gasteiger partial charge in [-0.25, -0.2) is 0 Å². The van der Waals surface area contributed by atoms with E-state index in [4.69, 9.17) is 11.6 Å². The fourth-order valence-electron chi connectivity index (χ4n) is 4.57. The maximum Gasteiger partial charge on any atom is 0.258 e. The highest BCUT2D eigenvalue weighted by Gasteiger charge is 2.29. The Morgan fingerprint density at radius 1 is 0.974 bits per heavy atom. The summed E-state index contributed by atoms with van der Waals surface area (Å²) in [6.07, 6.45) is 0. The summed E-state index contributed by atoms with van der Waals surface area (Å²) < 4.78 is 1.42. The molecule has 0 saturated carbocycles. The van der Waals surface area contributed by atoms with Crippen molar-refractivity contribution in [3.8, 4) is 0 Å². The fraction of sp³-hybridized carbons (Fsp3) is 0.214. The number of carbonyl (C=O) groups excluding carboxylic acids is 2. The van der Waals surface area contributed by atoms with Crippen LogP contribution in [-0.2, 0) is 9.59 Å². The van der Waals surface area contributed by atoms with Crippen LogP contribution in [0.25, 0.3) is 11.3 Å². The first-order chi connectivity index (χ1) is 18.3. The lowest BCUT2D eigenvalue weighted by molar-refractivity contribution is -0.117. The van der Waals surface area contributed by atoms with Gasteiger partial charge in [0.15, 0.2) is 0 Å². The van der Waals surface area contributed by atoms with Crippen molar-refractivity contribution in [3.63, 3.8) is 0 Å². The predicted octanol–water partition coefficient (Wildman–Crippen LogP) is 5.98. The second kappa shape index (κ2) is 11.6. The average Bonchev–Trinajstić information content (AvgIpc) is 3.21. The first-order valence-electron chi connectivity index (χ1n) is 12.2. The molecule has 0 radical (unpaired) electrons. The minimum absolute atomic E-state index is 0.0679. The van der Waals surface area contributed by atoms with Gasteiger partial charge in [0.05, 0.1) is 29.2 Å². The monoisotopic (exact) mass is 657 g/mol. The highest BCUT2D eigenvalue weighted by molar-refractivity contribution is 9.11. The molecule has 2 heterocycles. The van der Waals surface area contributed by atoms with Crippen LogP contribution in [0.4, 0.5) is 17.1 Å². The first-order valence-corrected chi connectivity index (χ1v) is 14.1. The Morgan fingerprint density at radius 3 is 2.34 bits per heavy atom. The minimum atomic E-state index is -0.209. The molecule has 0 spiro atoms. The summed E-state index contributed by atoms with van der Waals surface area (Å²) in [6.45, 7) is 3.99. The average molecular weight is 660 g/mol. The van der Waals surface area contributed by atoms with E-state index in [1.54, 1.807) is 12.1 Å². The van der Waals surface area contributed by atoms with Crippen LogP contribution < -0.4 is 16.0 Å². The molecule has 10 heteroatoms. The molecule has 0 bridgehead atoms. The predicted molar refractivity (Wildman–Crippen MR) is 161 cm³/mol. The fourth-order valence-corrected chi connectivity index (χ4v) is 6.13. The van der Waals surface area contributed by atoms with Crippen molar-refractivity contribution in [1.29, 1.82) is 0 Å². The molecule has 0 aliphatic carbocycles. The molecule has 0 atom stereocenters. The van der Waals surface area contributed by atoms with Gasteiger partial charge in [-0.2, -0.15) is 0 Å². The van der Waals surface area contributed by atoms with Crippen molar-refractivity contribution in [2.45, 2.75) is 0 Å². The SMILES string of the molecule is CN1CCN(CC(=O)Nc2c(Br)cc(N/C(=C3\C(=O)Nc4cc(Cl)ccc43)c3ccccc3)cc2Br)CC1. The van der Waals surface area contributed by atoms with Crippen molar-refractivity contribution in [2.24, 2.45) is 0 Å². The molecule has 7 nitrogen and oxygen atoms in total. The first kappa shape index (κ1) is 26.9. The Kier molecular flexibility index (Phi) is 8.20. The second-order valence-corrected chi connectivity index (χ2v) is 11.5. The summed E-state index contributed by atoms with van der Waals surface area (Å²) in [5.41, 5.74) is 4.89. The Balaban J connectivity index is 1.43. The van der Waals surface area contributed by atoms with E-state index in [0.717, 1.165) is 43.0 Å². The van der Waals surface area contributed by atoms with Gasteiger partial charge in [-0.1, -0.05) is 48.0 Å². The van der Waals surface area contributed by atoms with Crippen LogP contribution >= 0.6 is 43.5 Å². The third kappa shape index (κ3) is 5.97. The summed E-state index contributed by atoms with van der Waals surface area (Å²) in [5.74, 6) is -0.277. The zero-order valence-corrected chi connectivity index (χ0v) is 24.6. The van der Waals surface area contributed by atoms with Crippen LogP contribution in [0, 0.1) is 0 Å². The van der Waals surface area contributed by atoms with Gasteiger partial charge in [0.25, 0.3) is 5.91 Å². The number of nitrogens with one attached hydrogen (secondary N) is 3. The van der Waals surface area contributed by atoms with Gasteiger partial charge in [0.2, 0.25) is 5.91 Å². The molecule has 196 valence electrons. The van der Waals surface area contributed by atoms with Crippen molar-refractivity contribution in [3.05, 3.63) is 85.8 Å². The molecule has 3 aromatic rings. The molecule has 1 fully saturated rings. The summed E-state index contributed by atoms with van der Waals surface area (Å²) in [4.78, 5) is 30.3. The number of anilines is 3. The lowest BCUT2D eigenvalue weighted by Crippen LogP contribution is -2.47. The van der Waals surface area contributed by atoms with E-state index in [0.29, 0.717) is 43.2 Å². The third-order valence-electron chi connectivity index (χ3n) is 6.58.